The average molecular weight is 432 g/mol. The zero-order chi connectivity index (χ0) is 22.2. The lowest BCUT2D eigenvalue weighted by Crippen LogP contribution is -2.30. The molecule has 0 bridgehead atoms. The Balaban J connectivity index is 1.35. The molecule has 2 heterocycles. The first-order valence-corrected chi connectivity index (χ1v) is 11.0. The highest BCUT2D eigenvalue weighted by atomic mass is 16.6. The van der Waals surface area contributed by atoms with E-state index >= 15 is 0 Å². The maximum Gasteiger partial charge on any atom is 0.294 e. The first-order chi connectivity index (χ1) is 15.5. The van der Waals surface area contributed by atoms with Crippen LogP contribution < -0.4 is 10.2 Å². The second kappa shape index (κ2) is 8.11. The van der Waals surface area contributed by atoms with Gasteiger partial charge in [0.2, 0.25) is 11.8 Å². The van der Waals surface area contributed by atoms with Gasteiger partial charge in [-0.25, -0.2) is 4.90 Å². The van der Waals surface area contributed by atoms with Crippen LogP contribution in [0.1, 0.15) is 31.2 Å². The van der Waals surface area contributed by atoms with E-state index in [4.69, 9.17) is 0 Å². The van der Waals surface area contributed by atoms with Crippen molar-refractivity contribution < 1.29 is 14.5 Å². The SMILES string of the molecule is O=C1C2CCCCC2C(=O)N1c1ccc(NCCc2c[nH]c3ccccc23)c([N+](=O)[O-])c1. The lowest BCUT2D eigenvalue weighted by molar-refractivity contribution is -0.383. The number of nitrogens with one attached hydrogen (secondary N) is 2. The Bertz CT molecular complexity index is 1190. The number of hydrogen-bond donors (Lipinski definition) is 2. The van der Waals surface area contributed by atoms with Gasteiger partial charge in [0.25, 0.3) is 5.69 Å². The summed E-state index contributed by atoms with van der Waals surface area (Å²) in [6, 6.07) is 12.5. The van der Waals surface area contributed by atoms with Gasteiger partial charge in [-0.1, -0.05) is 31.0 Å². The van der Waals surface area contributed by atoms with Crippen LogP contribution in [0.2, 0.25) is 0 Å². The van der Waals surface area contributed by atoms with Crippen LogP contribution in [0.3, 0.4) is 0 Å². The van der Waals surface area contributed by atoms with Crippen molar-refractivity contribution >= 4 is 39.8 Å². The minimum Gasteiger partial charge on any atom is -0.379 e. The molecule has 1 aromatic heterocycles. The molecule has 8 heteroatoms. The molecule has 2 amide bonds. The Labute approximate surface area is 184 Å². The molecule has 5 rings (SSSR count). The third-order valence-corrected chi connectivity index (χ3v) is 6.66. The fraction of sp³-hybridized carbons (Fsp3) is 0.333. The van der Waals surface area contributed by atoms with E-state index in [9.17, 15) is 19.7 Å². The van der Waals surface area contributed by atoms with Crippen molar-refractivity contribution in [2.75, 3.05) is 16.8 Å². The molecule has 2 N–H and O–H groups in total. The highest BCUT2D eigenvalue weighted by Crippen LogP contribution is 2.41. The number of H-pyrrole nitrogens is 1. The highest BCUT2D eigenvalue weighted by molar-refractivity contribution is 6.22. The summed E-state index contributed by atoms with van der Waals surface area (Å²) < 4.78 is 0. The maximum atomic E-state index is 12.8. The van der Waals surface area contributed by atoms with Gasteiger partial charge in [-0.2, -0.15) is 0 Å². The van der Waals surface area contributed by atoms with Crippen molar-refractivity contribution in [3.8, 4) is 0 Å². The first kappa shape index (κ1) is 20.2. The number of fused-ring (bicyclic) bond motifs is 2. The molecule has 8 nitrogen and oxygen atoms in total. The Morgan fingerprint density at radius 3 is 2.50 bits per heavy atom. The van der Waals surface area contributed by atoms with E-state index in [0.717, 1.165) is 34.2 Å². The number of nitrogens with zero attached hydrogens (tertiary/aromatic N) is 2. The summed E-state index contributed by atoms with van der Waals surface area (Å²) in [6.07, 6.45) is 5.94. The number of carbonyl (C=O) groups is 2. The summed E-state index contributed by atoms with van der Waals surface area (Å²) in [4.78, 5) is 41.3. The van der Waals surface area contributed by atoms with Crippen LogP contribution in [0.5, 0.6) is 0 Å². The van der Waals surface area contributed by atoms with Gasteiger partial charge in [0.05, 0.1) is 22.4 Å². The molecular formula is C24H24N4O4. The molecule has 1 saturated heterocycles. The summed E-state index contributed by atoms with van der Waals surface area (Å²) in [6.45, 7) is 0.508. The molecule has 2 aromatic carbocycles. The topological polar surface area (TPSA) is 108 Å². The third kappa shape index (κ3) is 3.41. The Hall–Kier alpha value is -3.68. The van der Waals surface area contributed by atoms with Crippen LogP contribution in [0.15, 0.2) is 48.7 Å². The summed E-state index contributed by atoms with van der Waals surface area (Å²) in [5, 5.41) is 16.0. The normalized spacial score (nSPS) is 20.6. The summed E-state index contributed by atoms with van der Waals surface area (Å²) in [7, 11) is 0. The molecule has 3 aromatic rings. The Morgan fingerprint density at radius 2 is 1.78 bits per heavy atom. The number of amides is 2. The molecule has 2 unspecified atom stereocenters. The number of imide groups is 1. The molecule has 2 aliphatic rings. The minimum absolute atomic E-state index is 0.142. The quantitative estimate of drug-likeness (QED) is 0.341. The Kier molecular flexibility index (Phi) is 5.13. The predicted molar refractivity (Wildman–Crippen MR) is 122 cm³/mol. The number of anilines is 2. The minimum atomic E-state index is -0.477. The summed E-state index contributed by atoms with van der Waals surface area (Å²) in [5.74, 6) is -1.03. The van der Waals surface area contributed by atoms with E-state index in [-0.39, 0.29) is 35.0 Å². The van der Waals surface area contributed by atoms with Crippen LogP contribution in [-0.4, -0.2) is 28.3 Å². The van der Waals surface area contributed by atoms with Gasteiger partial charge in [0.1, 0.15) is 5.69 Å². The summed E-state index contributed by atoms with van der Waals surface area (Å²) >= 11 is 0. The van der Waals surface area contributed by atoms with E-state index in [1.807, 2.05) is 30.5 Å². The van der Waals surface area contributed by atoms with Crippen LogP contribution in [-0.2, 0) is 16.0 Å². The standard InChI is InChI=1S/C24H24N4O4/c29-23-18-6-1-2-7-19(18)24(30)27(23)16-9-10-21(22(13-16)28(31)32)25-12-11-15-14-26-20-8-4-3-5-17(15)20/h3-5,8-10,13-14,18-19,25-26H,1-2,6-7,11-12H2. The number of rotatable bonds is 6. The third-order valence-electron chi connectivity index (χ3n) is 6.66. The fourth-order valence-electron chi connectivity index (χ4n) is 5.05. The monoisotopic (exact) mass is 432 g/mol. The number of hydrogen-bond acceptors (Lipinski definition) is 5. The van der Waals surface area contributed by atoms with Crippen LogP contribution in [0.4, 0.5) is 17.1 Å². The molecule has 0 radical (unpaired) electrons. The fourth-order valence-corrected chi connectivity index (χ4v) is 5.05. The van der Waals surface area contributed by atoms with E-state index < -0.39 is 4.92 Å². The van der Waals surface area contributed by atoms with Gasteiger partial charge >= 0.3 is 0 Å². The molecule has 1 saturated carbocycles. The number of nitro groups is 1. The number of para-hydroxylation sites is 1. The van der Waals surface area contributed by atoms with Crippen molar-refractivity contribution in [2.45, 2.75) is 32.1 Å². The molecule has 2 fully saturated rings. The van der Waals surface area contributed by atoms with E-state index in [1.54, 1.807) is 12.1 Å². The summed E-state index contributed by atoms with van der Waals surface area (Å²) in [5.41, 5.74) is 2.69. The van der Waals surface area contributed by atoms with Crippen molar-refractivity contribution in [1.29, 1.82) is 0 Å². The smallest absolute Gasteiger partial charge is 0.294 e. The molecule has 2 atom stereocenters. The van der Waals surface area contributed by atoms with Crippen LogP contribution >= 0.6 is 0 Å². The van der Waals surface area contributed by atoms with Crippen LogP contribution in [0.25, 0.3) is 10.9 Å². The zero-order valence-corrected chi connectivity index (χ0v) is 17.5. The van der Waals surface area contributed by atoms with E-state index in [0.29, 0.717) is 31.5 Å². The zero-order valence-electron chi connectivity index (χ0n) is 17.5. The van der Waals surface area contributed by atoms with Gasteiger partial charge in [-0.15, -0.1) is 0 Å². The molecule has 1 aliphatic heterocycles. The van der Waals surface area contributed by atoms with Crippen molar-refractivity contribution in [3.05, 3.63) is 64.3 Å². The number of aromatic nitrogens is 1. The maximum absolute atomic E-state index is 12.8. The Morgan fingerprint density at radius 1 is 1.06 bits per heavy atom. The van der Waals surface area contributed by atoms with Crippen LogP contribution in [0, 0.1) is 22.0 Å². The number of benzene rings is 2. The van der Waals surface area contributed by atoms with Gasteiger partial charge in [-0.05, 0) is 43.0 Å². The van der Waals surface area contributed by atoms with Gasteiger partial charge in [0, 0.05) is 29.7 Å². The number of carbonyl (C=O) groups excluding carboxylic acids is 2. The lowest BCUT2D eigenvalue weighted by atomic mass is 9.81. The lowest BCUT2D eigenvalue weighted by Gasteiger charge is -2.19. The average Bonchev–Trinajstić information content (AvgIpc) is 3.33. The number of aromatic amines is 1. The highest BCUT2D eigenvalue weighted by Gasteiger charge is 2.49. The van der Waals surface area contributed by atoms with E-state index in [2.05, 4.69) is 10.3 Å². The molecule has 32 heavy (non-hydrogen) atoms. The van der Waals surface area contributed by atoms with Gasteiger partial charge in [0.15, 0.2) is 0 Å². The number of nitro benzene ring substituents is 1. The van der Waals surface area contributed by atoms with E-state index in [1.165, 1.54) is 6.07 Å². The molecule has 1 aliphatic carbocycles. The molecule has 0 spiro atoms. The van der Waals surface area contributed by atoms with Crippen molar-refractivity contribution in [3.63, 3.8) is 0 Å². The van der Waals surface area contributed by atoms with Crippen molar-refractivity contribution in [1.82, 2.24) is 4.98 Å². The molecular weight excluding hydrogens is 408 g/mol. The van der Waals surface area contributed by atoms with Gasteiger partial charge < -0.3 is 10.3 Å². The van der Waals surface area contributed by atoms with Crippen molar-refractivity contribution in [2.24, 2.45) is 11.8 Å². The first-order valence-electron chi connectivity index (χ1n) is 11.0. The second-order valence-electron chi connectivity index (χ2n) is 8.50. The predicted octanol–water partition coefficient (Wildman–Crippen LogP) is 4.41. The van der Waals surface area contributed by atoms with Gasteiger partial charge in [-0.3, -0.25) is 19.7 Å². The largest absolute Gasteiger partial charge is 0.379 e. The molecule has 164 valence electrons. The second-order valence-corrected chi connectivity index (χ2v) is 8.50.